The van der Waals surface area contributed by atoms with Crippen molar-refractivity contribution in [3.05, 3.63) is 97.2 Å². The number of unbranched alkanes of at least 4 members (excludes halogenated alkanes) is 39. The van der Waals surface area contributed by atoms with Crippen molar-refractivity contribution in [2.45, 2.75) is 341 Å². The summed E-state index contributed by atoms with van der Waals surface area (Å²) >= 11 is 0. The van der Waals surface area contributed by atoms with Gasteiger partial charge in [-0.05, 0) is 83.5 Å². The Bertz CT molecular complexity index is 1710. The summed E-state index contributed by atoms with van der Waals surface area (Å²) in [6.45, 7) is 4.71. The lowest BCUT2D eigenvalue weighted by Gasteiger charge is -2.25. The van der Waals surface area contributed by atoms with Crippen molar-refractivity contribution in [1.82, 2.24) is 5.32 Å². The van der Waals surface area contributed by atoms with Gasteiger partial charge in [0.25, 0.3) is 0 Å². The van der Waals surface area contributed by atoms with Crippen LogP contribution >= 0.6 is 7.82 Å². The first kappa shape index (κ1) is 82.4. The summed E-state index contributed by atoms with van der Waals surface area (Å²) in [7, 11) is 1.56. The van der Waals surface area contributed by atoms with E-state index < -0.39 is 20.0 Å². The van der Waals surface area contributed by atoms with E-state index in [-0.39, 0.29) is 19.1 Å². The third-order valence-corrected chi connectivity index (χ3v) is 17.0. The number of aliphatic hydroxyl groups is 1. The van der Waals surface area contributed by atoms with Crippen LogP contribution in [-0.2, 0) is 18.4 Å². The Morgan fingerprint density at radius 1 is 0.412 bits per heavy atom. The Labute approximate surface area is 528 Å². The summed E-state index contributed by atoms with van der Waals surface area (Å²) < 4.78 is 23.8. The molecule has 0 spiro atoms. The Kier molecular flexibility index (Phi) is 63.9. The molecule has 3 unspecified atom stereocenters. The number of hydrogen-bond donors (Lipinski definition) is 3. The van der Waals surface area contributed by atoms with Crippen molar-refractivity contribution < 1.29 is 32.9 Å². The number of carbonyl (C=O) groups excluding carboxylic acids is 1. The molecule has 0 bridgehead atoms. The number of likely N-dealkylation sites (N-methyl/N-ethyl adjacent to an activating group) is 1. The van der Waals surface area contributed by atoms with Crippen molar-refractivity contribution >= 4 is 13.7 Å². The summed E-state index contributed by atoms with van der Waals surface area (Å²) in [5, 5.41) is 14.0. The third-order valence-electron chi connectivity index (χ3n) is 16.0. The number of carbonyl (C=O) groups is 1. The van der Waals surface area contributed by atoms with Crippen LogP contribution in [0, 0.1) is 0 Å². The fourth-order valence-corrected chi connectivity index (χ4v) is 11.2. The summed E-state index contributed by atoms with van der Waals surface area (Å²) in [5.41, 5.74) is 0. The van der Waals surface area contributed by atoms with E-state index in [0.717, 1.165) is 77.0 Å². The molecule has 9 heteroatoms. The molecule has 0 aliphatic rings. The Morgan fingerprint density at radius 3 is 1.08 bits per heavy atom. The maximum Gasteiger partial charge on any atom is 0.472 e. The van der Waals surface area contributed by atoms with Crippen molar-refractivity contribution in [2.75, 3.05) is 40.9 Å². The van der Waals surface area contributed by atoms with Gasteiger partial charge in [-0.2, -0.15) is 0 Å². The van der Waals surface area contributed by atoms with E-state index in [1.54, 1.807) is 6.08 Å². The van der Waals surface area contributed by atoms with Gasteiger partial charge >= 0.3 is 7.82 Å². The minimum Gasteiger partial charge on any atom is -0.387 e. The maximum atomic E-state index is 13.1. The van der Waals surface area contributed by atoms with Crippen LogP contribution in [0.25, 0.3) is 0 Å². The fraction of sp³-hybridized carbons (Fsp3) is 0.776. The van der Waals surface area contributed by atoms with Crippen LogP contribution < -0.4 is 5.32 Å². The highest BCUT2D eigenvalue weighted by Gasteiger charge is 2.28. The lowest BCUT2D eigenvalue weighted by molar-refractivity contribution is -0.870. The van der Waals surface area contributed by atoms with Crippen LogP contribution in [0.1, 0.15) is 328 Å². The number of quaternary nitrogens is 1. The second kappa shape index (κ2) is 65.9. The van der Waals surface area contributed by atoms with E-state index in [1.165, 1.54) is 231 Å². The molecule has 0 rings (SSSR count). The molecular weight excluding hydrogens is 1070 g/mol. The zero-order chi connectivity index (χ0) is 61.9. The van der Waals surface area contributed by atoms with Gasteiger partial charge < -0.3 is 19.8 Å². The normalized spacial score (nSPS) is 14.2. The predicted octanol–water partition coefficient (Wildman–Crippen LogP) is 23.3. The number of hydrogen-bond acceptors (Lipinski definition) is 5. The van der Waals surface area contributed by atoms with Gasteiger partial charge in [-0.1, -0.05) is 336 Å². The Hall–Kier alpha value is -2.58. The van der Waals surface area contributed by atoms with E-state index in [4.69, 9.17) is 9.05 Å². The van der Waals surface area contributed by atoms with Crippen LogP contribution in [0.15, 0.2) is 97.2 Å². The molecule has 0 heterocycles. The van der Waals surface area contributed by atoms with Gasteiger partial charge in [-0.15, -0.1) is 0 Å². The average Bonchev–Trinajstić information content (AvgIpc) is 3.48. The minimum absolute atomic E-state index is 0.0553. The van der Waals surface area contributed by atoms with Gasteiger partial charge in [0.2, 0.25) is 5.91 Å². The van der Waals surface area contributed by atoms with E-state index in [1.807, 2.05) is 27.2 Å². The highest BCUT2D eigenvalue weighted by molar-refractivity contribution is 7.47. The van der Waals surface area contributed by atoms with Crippen LogP contribution in [0.5, 0.6) is 0 Å². The molecule has 3 N–H and O–H groups in total. The molecule has 0 saturated heterocycles. The van der Waals surface area contributed by atoms with Crippen LogP contribution in [0.3, 0.4) is 0 Å². The number of aliphatic hydroxyl groups excluding tert-OH is 1. The van der Waals surface area contributed by atoms with E-state index >= 15 is 0 Å². The molecule has 0 aromatic rings. The number of allylic oxidation sites excluding steroid dienone is 15. The number of nitrogens with zero attached hydrogens (tertiary/aromatic N) is 1. The van der Waals surface area contributed by atoms with Crippen LogP contribution in [0.4, 0.5) is 0 Å². The predicted molar refractivity (Wildman–Crippen MR) is 373 cm³/mol. The van der Waals surface area contributed by atoms with Gasteiger partial charge in [0.1, 0.15) is 13.2 Å². The largest absolute Gasteiger partial charge is 0.472 e. The monoisotopic (exact) mass is 1210 g/mol. The molecule has 0 fully saturated rings. The summed E-state index contributed by atoms with van der Waals surface area (Å²) in [6, 6.07) is -0.867. The molecule has 3 atom stereocenters. The van der Waals surface area contributed by atoms with E-state index in [0.29, 0.717) is 17.4 Å². The molecule has 85 heavy (non-hydrogen) atoms. The zero-order valence-corrected chi connectivity index (χ0v) is 57.5. The van der Waals surface area contributed by atoms with E-state index in [9.17, 15) is 19.4 Å². The second-order valence-corrected chi connectivity index (χ2v) is 27.0. The first-order chi connectivity index (χ1) is 41.5. The highest BCUT2D eigenvalue weighted by Crippen LogP contribution is 2.43. The molecule has 0 aromatic carbocycles. The smallest absolute Gasteiger partial charge is 0.387 e. The van der Waals surface area contributed by atoms with Crippen LogP contribution in [0.2, 0.25) is 0 Å². The zero-order valence-electron chi connectivity index (χ0n) is 56.6. The number of phosphoric ester groups is 1. The SMILES string of the molecule is CC/C=C\C/C=C\C/C=C\C/C=C\C/C=C\C/C=C\CCCCCCCCCCCCCCCCCCCCCCCCC(=O)NC(COP(=O)(O)OCC[N+](C)(C)C)C(O)/C=C/CC/C=C/CCCCCCCCCCCCCCCCCC. The first-order valence-electron chi connectivity index (χ1n) is 36.1. The summed E-state index contributed by atoms with van der Waals surface area (Å²) in [4.78, 5) is 23.4. The second-order valence-electron chi connectivity index (χ2n) is 25.6. The van der Waals surface area contributed by atoms with Crippen LogP contribution in [-0.4, -0.2) is 73.4 Å². The van der Waals surface area contributed by atoms with Gasteiger partial charge in [0.15, 0.2) is 0 Å². The fourth-order valence-electron chi connectivity index (χ4n) is 10.5. The molecule has 1 amide bonds. The first-order valence-corrected chi connectivity index (χ1v) is 37.6. The molecule has 0 aromatic heterocycles. The Balaban J connectivity index is 3.99. The molecule has 494 valence electrons. The highest BCUT2D eigenvalue weighted by atomic mass is 31.2. The molecule has 8 nitrogen and oxygen atoms in total. The summed E-state index contributed by atoms with van der Waals surface area (Å²) in [5.74, 6) is -0.183. The third kappa shape index (κ3) is 68.8. The molecule has 0 aliphatic heterocycles. The standard InChI is InChI=1S/C76H139N2O6P/c1-6-8-10-12-14-16-18-20-22-24-26-28-30-31-32-33-34-35-36-37-38-39-40-41-42-43-44-45-46-47-48-50-52-54-56-58-60-62-64-66-68-70-76(80)77-74(73-84-85(81,82)83-72-71-78(3,4)5)75(79)69-67-65-63-61-59-57-55-53-51-49-29-27-25-23-21-19-17-15-13-11-9-7-2/h8,10,14,16,20,22,26,28,31-32,34-35,59,61,67,69,74-75,79H,6-7,9,11-13,15,17-19,21,23-25,27,29-30,33,36-58,60,62-66,68,70-73H2,1-5H3,(H-,77,80,81,82)/p+1/b10-8-,16-14-,22-20-,28-26-,32-31-,35-34-,61-59+,69-67+. The lowest BCUT2D eigenvalue weighted by Crippen LogP contribution is -2.45. The molecule has 0 aliphatic carbocycles. The Morgan fingerprint density at radius 2 is 0.718 bits per heavy atom. The molecule has 0 saturated carbocycles. The number of nitrogens with one attached hydrogen (secondary N) is 1. The number of phosphoric acid groups is 1. The lowest BCUT2D eigenvalue weighted by atomic mass is 10.0. The van der Waals surface area contributed by atoms with Crippen molar-refractivity contribution in [2.24, 2.45) is 0 Å². The van der Waals surface area contributed by atoms with Gasteiger partial charge in [0, 0.05) is 6.42 Å². The van der Waals surface area contributed by atoms with Gasteiger partial charge in [-0.3, -0.25) is 13.8 Å². The van der Waals surface area contributed by atoms with Crippen molar-refractivity contribution in [3.8, 4) is 0 Å². The maximum absolute atomic E-state index is 13.1. The number of rotatable bonds is 66. The minimum atomic E-state index is -4.36. The summed E-state index contributed by atoms with van der Waals surface area (Å²) in [6.07, 6.45) is 95.7. The van der Waals surface area contributed by atoms with Crippen molar-refractivity contribution in [3.63, 3.8) is 0 Å². The van der Waals surface area contributed by atoms with Gasteiger partial charge in [-0.25, -0.2) is 4.57 Å². The van der Waals surface area contributed by atoms with Crippen molar-refractivity contribution in [1.29, 1.82) is 0 Å². The molecular formula is C76H140N2O6P+. The average molecular weight is 1210 g/mol. The van der Waals surface area contributed by atoms with E-state index in [2.05, 4.69) is 104 Å². The van der Waals surface area contributed by atoms with Gasteiger partial charge in [0.05, 0.1) is 39.9 Å². The molecule has 0 radical (unpaired) electrons. The topological polar surface area (TPSA) is 105 Å². The number of amides is 1. The quantitative estimate of drug-likeness (QED) is 0.0243.